The van der Waals surface area contributed by atoms with Crippen molar-refractivity contribution in [2.75, 3.05) is 28.2 Å². The smallest absolute Gasteiger partial charge is 0.338 e. The molecule has 0 unspecified atom stereocenters. The lowest BCUT2D eigenvalue weighted by Crippen LogP contribution is -2.25. The van der Waals surface area contributed by atoms with Crippen molar-refractivity contribution in [2.45, 2.75) is 6.18 Å². The number of nitrogens with one attached hydrogen (secondary N) is 2. The lowest BCUT2D eigenvalue weighted by atomic mass is 10.2. The molecule has 3 rings (SSSR count). The predicted octanol–water partition coefficient (Wildman–Crippen LogP) is 4.52. The first-order valence-electron chi connectivity index (χ1n) is 8.72. The van der Waals surface area contributed by atoms with Gasteiger partial charge in [-0.05, 0) is 30.3 Å². The Morgan fingerprint density at radius 3 is 2.39 bits per heavy atom. The van der Waals surface area contributed by atoms with Gasteiger partial charge in [-0.15, -0.1) is 0 Å². The minimum Gasteiger partial charge on any atom is -0.338 e. The standard InChI is InChI=1S/C19H17F4N5O2S/c1-28(31(2,29)30)16-9-4-3-8-15(16)26-17-14(19(21,22)23)11-24-18(27-17)25-13-7-5-6-12(20)10-13/h3-11H,1-2H3,(H2,24,25,26,27). The molecule has 0 spiro atoms. The molecule has 0 fully saturated rings. The molecule has 0 amide bonds. The van der Waals surface area contributed by atoms with Gasteiger partial charge in [0.2, 0.25) is 16.0 Å². The Morgan fingerprint density at radius 1 is 1.03 bits per heavy atom. The quantitative estimate of drug-likeness (QED) is 0.532. The largest absolute Gasteiger partial charge is 0.421 e. The van der Waals surface area contributed by atoms with Gasteiger partial charge in [0, 0.05) is 18.9 Å². The van der Waals surface area contributed by atoms with Gasteiger partial charge in [-0.3, -0.25) is 4.31 Å². The summed E-state index contributed by atoms with van der Waals surface area (Å²) in [6, 6.07) is 11.2. The first kappa shape index (κ1) is 22.3. The number of nitrogens with zero attached hydrogens (tertiary/aromatic N) is 3. The molecule has 12 heteroatoms. The second-order valence-electron chi connectivity index (χ2n) is 6.46. The third-order valence-corrected chi connectivity index (χ3v) is 5.36. The highest BCUT2D eigenvalue weighted by Gasteiger charge is 2.35. The molecule has 31 heavy (non-hydrogen) atoms. The van der Waals surface area contributed by atoms with Crippen LogP contribution in [0.1, 0.15) is 5.56 Å². The summed E-state index contributed by atoms with van der Waals surface area (Å²) in [4.78, 5) is 7.54. The van der Waals surface area contributed by atoms with Gasteiger partial charge in [0.05, 0.1) is 17.6 Å². The molecule has 0 bridgehead atoms. The van der Waals surface area contributed by atoms with Crippen molar-refractivity contribution in [2.24, 2.45) is 0 Å². The monoisotopic (exact) mass is 455 g/mol. The molecule has 0 aliphatic carbocycles. The van der Waals surface area contributed by atoms with E-state index in [1.54, 1.807) is 6.07 Å². The molecule has 0 aliphatic heterocycles. The van der Waals surface area contributed by atoms with Crippen LogP contribution in [0.25, 0.3) is 0 Å². The van der Waals surface area contributed by atoms with Crippen molar-refractivity contribution < 1.29 is 26.0 Å². The molecular formula is C19H17F4N5O2S. The van der Waals surface area contributed by atoms with Gasteiger partial charge in [-0.1, -0.05) is 18.2 Å². The van der Waals surface area contributed by atoms with Crippen LogP contribution in [0.4, 0.5) is 46.4 Å². The number of rotatable bonds is 6. The van der Waals surface area contributed by atoms with E-state index >= 15 is 0 Å². The van der Waals surface area contributed by atoms with E-state index in [1.165, 1.54) is 43.4 Å². The molecule has 2 aromatic carbocycles. The first-order chi connectivity index (χ1) is 14.4. The number of sulfonamides is 1. The van der Waals surface area contributed by atoms with Crippen LogP contribution in [0.5, 0.6) is 0 Å². The van der Waals surface area contributed by atoms with Crippen LogP contribution in [0.15, 0.2) is 54.7 Å². The lowest BCUT2D eigenvalue weighted by molar-refractivity contribution is -0.137. The third-order valence-electron chi connectivity index (χ3n) is 4.17. The number of hydrogen-bond donors (Lipinski definition) is 2. The normalized spacial score (nSPS) is 11.8. The van der Waals surface area contributed by atoms with Crippen LogP contribution in [-0.4, -0.2) is 31.7 Å². The number of benzene rings is 2. The Balaban J connectivity index is 2.04. The molecule has 0 saturated heterocycles. The molecule has 1 heterocycles. The maximum atomic E-state index is 13.5. The highest BCUT2D eigenvalue weighted by atomic mass is 32.2. The minimum atomic E-state index is -4.78. The number of para-hydroxylation sites is 2. The summed E-state index contributed by atoms with van der Waals surface area (Å²) >= 11 is 0. The molecule has 0 saturated carbocycles. The molecule has 164 valence electrons. The summed E-state index contributed by atoms with van der Waals surface area (Å²) in [5.74, 6) is -1.36. The Bertz CT molecular complexity index is 1200. The van der Waals surface area contributed by atoms with Gasteiger partial charge in [0.1, 0.15) is 17.2 Å². The van der Waals surface area contributed by atoms with E-state index in [0.717, 1.165) is 16.6 Å². The Kier molecular flexibility index (Phi) is 6.02. The summed E-state index contributed by atoms with van der Waals surface area (Å²) < 4.78 is 78.6. The number of aromatic nitrogens is 2. The molecule has 0 radical (unpaired) electrons. The highest BCUT2D eigenvalue weighted by molar-refractivity contribution is 7.92. The van der Waals surface area contributed by atoms with Crippen molar-refractivity contribution in [3.63, 3.8) is 0 Å². The van der Waals surface area contributed by atoms with E-state index in [9.17, 15) is 26.0 Å². The van der Waals surface area contributed by atoms with E-state index in [0.29, 0.717) is 6.20 Å². The predicted molar refractivity (Wildman–Crippen MR) is 110 cm³/mol. The summed E-state index contributed by atoms with van der Waals surface area (Å²) in [5.41, 5.74) is -0.718. The van der Waals surface area contributed by atoms with Crippen LogP contribution in [-0.2, 0) is 16.2 Å². The van der Waals surface area contributed by atoms with Gasteiger partial charge in [0.25, 0.3) is 0 Å². The summed E-state index contributed by atoms with van der Waals surface area (Å²) in [6.45, 7) is 0. The van der Waals surface area contributed by atoms with E-state index in [-0.39, 0.29) is 23.0 Å². The minimum absolute atomic E-state index is 0.0799. The van der Waals surface area contributed by atoms with Gasteiger partial charge < -0.3 is 10.6 Å². The summed E-state index contributed by atoms with van der Waals surface area (Å²) in [7, 11) is -2.40. The zero-order valence-corrected chi connectivity index (χ0v) is 17.1. The SMILES string of the molecule is CN(c1ccccc1Nc1nc(Nc2cccc(F)c2)ncc1C(F)(F)F)S(C)(=O)=O. The Morgan fingerprint density at radius 2 is 1.74 bits per heavy atom. The topological polar surface area (TPSA) is 87.2 Å². The van der Waals surface area contributed by atoms with Crippen molar-refractivity contribution in [3.8, 4) is 0 Å². The second kappa shape index (κ2) is 8.38. The maximum absolute atomic E-state index is 13.5. The van der Waals surface area contributed by atoms with Crippen molar-refractivity contribution in [1.82, 2.24) is 9.97 Å². The van der Waals surface area contributed by atoms with Gasteiger partial charge in [-0.2, -0.15) is 18.2 Å². The van der Waals surface area contributed by atoms with Gasteiger partial charge in [0.15, 0.2) is 0 Å². The third kappa shape index (κ3) is 5.40. The number of hydrogen-bond acceptors (Lipinski definition) is 6. The first-order valence-corrected chi connectivity index (χ1v) is 10.6. The van der Waals surface area contributed by atoms with Crippen LogP contribution in [0.2, 0.25) is 0 Å². The van der Waals surface area contributed by atoms with Crippen LogP contribution < -0.4 is 14.9 Å². The molecule has 0 atom stereocenters. The number of alkyl halides is 3. The molecule has 7 nitrogen and oxygen atoms in total. The molecular weight excluding hydrogens is 438 g/mol. The number of halogens is 4. The van der Waals surface area contributed by atoms with E-state index in [1.807, 2.05) is 0 Å². The lowest BCUT2D eigenvalue weighted by Gasteiger charge is -2.22. The zero-order valence-electron chi connectivity index (χ0n) is 16.3. The molecule has 1 aromatic heterocycles. The fraction of sp³-hybridized carbons (Fsp3) is 0.158. The average molecular weight is 455 g/mol. The Labute approximate surface area is 175 Å². The van der Waals surface area contributed by atoms with E-state index < -0.39 is 33.4 Å². The average Bonchev–Trinajstić information content (AvgIpc) is 2.66. The van der Waals surface area contributed by atoms with Crippen LogP contribution >= 0.6 is 0 Å². The molecule has 3 aromatic rings. The second-order valence-corrected chi connectivity index (χ2v) is 8.48. The van der Waals surface area contributed by atoms with Crippen LogP contribution in [0.3, 0.4) is 0 Å². The number of anilines is 5. The fourth-order valence-corrected chi connectivity index (χ4v) is 3.12. The summed E-state index contributed by atoms with van der Waals surface area (Å²) in [5, 5.41) is 5.18. The van der Waals surface area contributed by atoms with Gasteiger partial charge in [-0.25, -0.2) is 17.8 Å². The van der Waals surface area contributed by atoms with Crippen molar-refractivity contribution >= 4 is 38.9 Å². The Hall–Kier alpha value is -3.41. The van der Waals surface area contributed by atoms with Crippen molar-refractivity contribution in [1.29, 1.82) is 0 Å². The van der Waals surface area contributed by atoms with E-state index in [2.05, 4.69) is 20.6 Å². The molecule has 0 aliphatic rings. The van der Waals surface area contributed by atoms with Crippen molar-refractivity contribution in [3.05, 3.63) is 66.1 Å². The summed E-state index contributed by atoms with van der Waals surface area (Å²) in [6.07, 6.45) is -3.23. The van der Waals surface area contributed by atoms with Gasteiger partial charge >= 0.3 is 6.18 Å². The highest BCUT2D eigenvalue weighted by Crippen LogP contribution is 2.37. The molecule has 2 N–H and O–H groups in total. The van der Waals surface area contributed by atoms with E-state index in [4.69, 9.17) is 0 Å². The maximum Gasteiger partial charge on any atom is 0.421 e. The van der Waals surface area contributed by atoms with Crippen LogP contribution in [0, 0.1) is 5.82 Å². The fourth-order valence-electron chi connectivity index (χ4n) is 2.60. The zero-order chi connectivity index (χ0) is 22.8.